The van der Waals surface area contributed by atoms with Crippen LogP contribution in [0.15, 0.2) is 54.0 Å². The molecule has 0 saturated carbocycles. The summed E-state index contributed by atoms with van der Waals surface area (Å²) in [5.74, 6) is 0.450. The summed E-state index contributed by atoms with van der Waals surface area (Å²) >= 11 is 3.68. The molecule has 27 heavy (non-hydrogen) atoms. The fraction of sp³-hybridized carbons (Fsp3) is 0.150. The van der Waals surface area contributed by atoms with E-state index in [4.69, 9.17) is 0 Å². The number of aromatic nitrogens is 3. The number of benzene rings is 1. The number of anilines is 1. The zero-order chi connectivity index (χ0) is 18.8. The zero-order valence-electron chi connectivity index (χ0n) is 14.6. The number of thiophene rings is 1. The van der Waals surface area contributed by atoms with E-state index in [9.17, 15) is 4.79 Å². The van der Waals surface area contributed by atoms with Crippen LogP contribution in [0.5, 0.6) is 0 Å². The van der Waals surface area contributed by atoms with Crippen molar-refractivity contribution < 1.29 is 4.79 Å². The van der Waals surface area contributed by atoms with E-state index in [1.165, 1.54) is 11.3 Å². The van der Waals surface area contributed by atoms with Gasteiger partial charge in [0, 0.05) is 28.4 Å². The van der Waals surface area contributed by atoms with Gasteiger partial charge in [-0.3, -0.25) is 15.1 Å². The molecule has 4 rings (SSSR count). The van der Waals surface area contributed by atoms with Crippen LogP contribution in [0.1, 0.15) is 20.9 Å². The highest BCUT2D eigenvalue weighted by molar-refractivity contribution is 14.1. The van der Waals surface area contributed by atoms with Crippen LogP contribution in [0, 0.1) is 10.5 Å². The minimum Gasteiger partial charge on any atom is -0.310 e. The second-order valence-electron chi connectivity index (χ2n) is 6.16. The maximum Gasteiger partial charge on any atom is 0.269 e. The Morgan fingerprint density at radius 3 is 2.78 bits per heavy atom. The number of para-hydroxylation sites is 2. The van der Waals surface area contributed by atoms with E-state index in [2.05, 4.69) is 42.4 Å². The second-order valence-corrected chi connectivity index (χ2v) is 8.12. The summed E-state index contributed by atoms with van der Waals surface area (Å²) in [6, 6.07) is 13.8. The monoisotopic (exact) mass is 488 g/mol. The lowest BCUT2D eigenvalue weighted by atomic mass is 10.2. The maximum absolute atomic E-state index is 12.8. The number of nitrogens with zero attached hydrogens (tertiary/aromatic N) is 3. The predicted octanol–water partition coefficient (Wildman–Crippen LogP) is 4.90. The van der Waals surface area contributed by atoms with Crippen molar-refractivity contribution in [3.8, 4) is 0 Å². The normalized spacial score (nSPS) is 11.0. The van der Waals surface area contributed by atoms with Gasteiger partial charge in [0.25, 0.3) is 5.91 Å². The van der Waals surface area contributed by atoms with Crippen LogP contribution >= 0.6 is 33.9 Å². The fourth-order valence-corrected chi connectivity index (χ4v) is 4.74. The third-order valence-electron chi connectivity index (χ3n) is 4.30. The van der Waals surface area contributed by atoms with Crippen LogP contribution < -0.4 is 5.32 Å². The minimum atomic E-state index is -0.119. The van der Waals surface area contributed by atoms with Gasteiger partial charge in [-0.2, -0.15) is 0 Å². The van der Waals surface area contributed by atoms with Crippen molar-refractivity contribution in [3.05, 3.63) is 73.7 Å². The first-order valence-electron chi connectivity index (χ1n) is 8.53. The molecule has 5 nitrogen and oxygen atoms in total. The number of rotatable bonds is 5. The van der Waals surface area contributed by atoms with Crippen LogP contribution in [0.3, 0.4) is 0 Å². The van der Waals surface area contributed by atoms with E-state index in [1.54, 1.807) is 6.20 Å². The van der Waals surface area contributed by atoms with Gasteiger partial charge in [-0.15, -0.1) is 11.3 Å². The van der Waals surface area contributed by atoms with E-state index in [1.807, 2.05) is 54.8 Å². The minimum absolute atomic E-state index is 0.119. The molecule has 0 aliphatic rings. The predicted molar refractivity (Wildman–Crippen MR) is 117 cm³/mol. The number of halogens is 1. The number of fused-ring (bicyclic) bond motifs is 1. The number of imidazole rings is 1. The van der Waals surface area contributed by atoms with Crippen LogP contribution in [0.25, 0.3) is 11.0 Å². The number of pyridine rings is 1. The Hall–Kier alpha value is -2.26. The Bertz CT molecular complexity index is 1100. The molecule has 1 N–H and O–H groups in total. The molecule has 1 amide bonds. The zero-order valence-corrected chi connectivity index (χ0v) is 17.6. The first-order chi connectivity index (χ1) is 13.1. The summed E-state index contributed by atoms with van der Waals surface area (Å²) < 4.78 is 3.04. The Morgan fingerprint density at radius 2 is 2.04 bits per heavy atom. The Kier molecular flexibility index (Phi) is 5.22. The van der Waals surface area contributed by atoms with Crippen molar-refractivity contribution in [2.45, 2.75) is 19.9 Å². The summed E-state index contributed by atoms with van der Waals surface area (Å²) in [4.78, 5) is 22.5. The largest absolute Gasteiger partial charge is 0.310 e. The van der Waals surface area contributed by atoms with Crippen LogP contribution in [0.2, 0.25) is 0 Å². The molecule has 0 aliphatic heterocycles. The van der Waals surface area contributed by atoms with Crippen molar-refractivity contribution in [2.75, 3.05) is 5.32 Å². The Balaban J connectivity index is 1.65. The highest BCUT2D eigenvalue weighted by Gasteiger charge is 2.18. The van der Waals surface area contributed by atoms with Gasteiger partial charge in [0.1, 0.15) is 4.88 Å². The van der Waals surface area contributed by atoms with Gasteiger partial charge in [-0.05, 0) is 64.7 Å². The number of carbonyl (C=O) groups excluding carboxylic acids is 1. The van der Waals surface area contributed by atoms with Crippen molar-refractivity contribution in [2.24, 2.45) is 0 Å². The molecular formula is C20H17IN4OS. The van der Waals surface area contributed by atoms with E-state index >= 15 is 0 Å². The quantitative estimate of drug-likeness (QED) is 0.407. The molecule has 3 heterocycles. The van der Waals surface area contributed by atoms with Crippen LogP contribution in [-0.2, 0) is 13.0 Å². The summed E-state index contributed by atoms with van der Waals surface area (Å²) in [5.41, 5.74) is 4.00. The van der Waals surface area contributed by atoms with Crippen molar-refractivity contribution in [1.82, 2.24) is 14.5 Å². The molecule has 0 bridgehead atoms. The molecule has 0 atom stereocenters. The molecular weight excluding hydrogens is 471 g/mol. The highest BCUT2D eigenvalue weighted by atomic mass is 127. The smallest absolute Gasteiger partial charge is 0.269 e. The average molecular weight is 488 g/mol. The molecule has 0 radical (unpaired) electrons. The average Bonchev–Trinajstić information content (AvgIpc) is 3.20. The standard InChI is InChI=1S/C20H17IN4OS/c1-13-12-27-18(17(13)21)19(26)24-20-23-15-7-2-3-8-16(15)25(20)11-9-14-6-4-5-10-22-14/h2-8,10,12H,9,11H2,1H3,(H,23,24,26). The highest BCUT2D eigenvalue weighted by Crippen LogP contribution is 2.26. The lowest BCUT2D eigenvalue weighted by molar-refractivity contribution is 0.102. The molecule has 0 fully saturated rings. The second kappa shape index (κ2) is 7.77. The van der Waals surface area contributed by atoms with Gasteiger partial charge in [0.15, 0.2) is 0 Å². The van der Waals surface area contributed by atoms with Crippen LogP contribution in [-0.4, -0.2) is 20.4 Å². The van der Waals surface area contributed by atoms with Gasteiger partial charge in [0.2, 0.25) is 5.95 Å². The van der Waals surface area contributed by atoms with Crippen LogP contribution in [0.4, 0.5) is 5.95 Å². The summed E-state index contributed by atoms with van der Waals surface area (Å²) in [6.45, 7) is 2.70. The fourth-order valence-electron chi connectivity index (χ4n) is 2.91. The summed E-state index contributed by atoms with van der Waals surface area (Å²) in [7, 11) is 0. The Morgan fingerprint density at radius 1 is 1.22 bits per heavy atom. The van der Waals surface area contributed by atoms with Crippen molar-refractivity contribution in [1.29, 1.82) is 0 Å². The lowest BCUT2D eigenvalue weighted by Crippen LogP contribution is -2.16. The number of hydrogen-bond donors (Lipinski definition) is 1. The number of aryl methyl sites for hydroxylation is 3. The molecule has 4 aromatic rings. The third kappa shape index (κ3) is 3.74. The van der Waals surface area contributed by atoms with Crippen molar-refractivity contribution >= 4 is 56.8 Å². The first-order valence-corrected chi connectivity index (χ1v) is 10.5. The first kappa shape index (κ1) is 18.1. The topological polar surface area (TPSA) is 59.8 Å². The molecule has 0 aliphatic carbocycles. The van der Waals surface area contributed by atoms with Gasteiger partial charge < -0.3 is 4.57 Å². The molecule has 0 unspecified atom stereocenters. The SMILES string of the molecule is Cc1csc(C(=O)Nc2nc3ccccc3n2CCc2ccccn2)c1I. The molecule has 136 valence electrons. The van der Waals surface area contributed by atoms with Crippen molar-refractivity contribution in [3.63, 3.8) is 0 Å². The van der Waals surface area contributed by atoms with E-state index in [0.717, 1.165) is 37.2 Å². The van der Waals surface area contributed by atoms with E-state index in [0.29, 0.717) is 12.5 Å². The van der Waals surface area contributed by atoms with Gasteiger partial charge in [0.05, 0.1) is 11.0 Å². The maximum atomic E-state index is 12.8. The van der Waals surface area contributed by atoms with E-state index in [-0.39, 0.29) is 5.91 Å². The molecule has 1 aromatic carbocycles. The molecule has 0 spiro atoms. The third-order valence-corrected chi connectivity index (χ3v) is 7.16. The number of hydrogen-bond acceptors (Lipinski definition) is 4. The van der Waals surface area contributed by atoms with Gasteiger partial charge in [-0.1, -0.05) is 18.2 Å². The Labute approximate surface area is 174 Å². The molecule has 3 aromatic heterocycles. The summed E-state index contributed by atoms with van der Waals surface area (Å²) in [6.07, 6.45) is 2.56. The number of amides is 1. The molecule has 0 saturated heterocycles. The van der Waals surface area contributed by atoms with Gasteiger partial charge in [-0.25, -0.2) is 4.98 Å². The lowest BCUT2D eigenvalue weighted by Gasteiger charge is -2.10. The molecule has 7 heteroatoms. The van der Waals surface area contributed by atoms with E-state index < -0.39 is 0 Å². The summed E-state index contributed by atoms with van der Waals surface area (Å²) in [5, 5.41) is 5.01. The number of carbonyl (C=O) groups is 1. The van der Waals surface area contributed by atoms with Gasteiger partial charge >= 0.3 is 0 Å². The number of nitrogens with one attached hydrogen (secondary N) is 1.